The molecule has 2 heterocycles. The molecule has 2 aromatic carbocycles. The van der Waals surface area contributed by atoms with Crippen LogP contribution in [-0.4, -0.2) is 27.8 Å². The number of hydrogen-bond donors (Lipinski definition) is 1. The zero-order valence-corrected chi connectivity index (χ0v) is 18.3. The normalized spacial score (nSPS) is 10.9. The van der Waals surface area contributed by atoms with Crippen LogP contribution in [0, 0.1) is 6.92 Å². The molecule has 31 heavy (non-hydrogen) atoms. The summed E-state index contributed by atoms with van der Waals surface area (Å²) in [6, 6.07) is 15.0. The van der Waals surface area contributed by atoms with E-state index in [4.69, 9.17) is 4.74 Å². The average molecular weight is 435 g/mol. The number of ether oxygens (including phenoxy) is 1. The number of nitrogens with zero attached hydrogens (tertiary/aromatic N) is 3. The number of rotatable bonds is 6. The number of benzene rings is 2. The quantitative estimate of drug-likeness (QED) is 0.495. The maximum absolute atomic E-state index is 12.9. The number of thiazole rings is 1. The van der Waals surface area contributed by atoms with Crippen LogP contribution in [0.2, 0.25) is 0 Å². The van der Waals surface area contributed by atoms with E-state index >= 15 is 0 Å². The predicted molar refractivity (Wildman–Crippen MR) is 123 cm³/mol. The van der Waals surface area contributed by atoms with E-state index in [0.717, 1.165) is 22.7 Å². The Labute approximate surface area is 183 Å². The van der Waals surface area contributed by atoms with Crippen molar-refractivity contribution in [2.45, 2.75) is 26.8 Å². The molecule has 4 aromatic rings. The minimum atomic E-state index is -0.381. The van der Waals surface area contributed by atoms with Gasteiger partial charge in [0.05, 0.1) is 16.8 Å². The van der Waals surface area contributed by atoms with Crippen molar-refractivity contribution in [1.82, 2.24) is 14.8 Å². The van der Waals surface area contributed by atoms with Gasteiger partial charge in [-0.2, -0.15) is 5.10 Å². The van der Waals surface area contributed by atoms with E-state index in [-0.39, 0.29) is 18.0 Å². The number of nitrogens with one attached hydrogen (secondary N) is 1. The van der Waals surface area contributed by atoms with Crippen LogP contribution in [0.1, 0.15) is 17.5 Å². The number of carbonyl (C=O) groups excluding carboxylic acids is 1. The molecule has 1 N–H and O–H groups in total. The monoisotopic (exact) mass is 434 g/mol. The van der Waals surface area contributed by atoms with Gasteiger partial charge >= 0.3 is 0 Å². The van der Waals surface area contributed by atoms with E-state index < -0.39 is 0 Å². The Hall–Kier alpha value is -3.52. The molecule has 0 saturated heterocycles. The lowest BCUT2D eigenvalue weighted by atomic mass is 10.1. The van der Waals surface area contributed by atoms with Gasteiger partial charge < -0.3 is 10.1 Å². The number of amides is 1. The summed E-state index contributed by atoms with van der Waals surface area (Å²) in [5.74, 6) is 0.396. The summed E-state index contributed by atoms with van der Waals surface area (Å²) >= 11 is 1.41. The van der Waals surface area contributed by atoms with E-state index in [1.165, 1.54) is 21.6 Å². The second kappa shape index (κ2) is 8.69. The Kier molecular flexibility index (Phi) is 5.81. The summed E-state index contributed by atoms with van der Waals surface area (Å²) in [5, 5.41) is 8.11. The highest BCUT2D eigenvalue weighted by atomic mass is 32.1. The van der Waals surface area contributed by atoms with Gasteiger partial charge in [0.1, 0.15) is 18.0 Å². The van der Waals surface area contributed by atoms with Gasteiger partial charge in [-0.3, -0.25) is 9.59 Å². The molecule has 0 bridgehead atoms. The van der Waals surface area contributed by atoms with Crippen molar-refractivity contribution in [1.29, 1.82) is 0 Å². The molecule has 158 valence electrons. The van der Waals surface area contributed by atoms with Crippen LogP contribution in [0.4, 0.5) is 5.69 Å². The van der Waals surface area contributed by atoms with Crippen molar-refractivity contribution < 1.29 is 9.53 Å². The third-order valence-electron chi connectivity index (χ3n) is 4.91. The molecule has 0 spiro atoms. The van der Waals surface area contributed by atoms with Gasteiger partial charge in [0.25, 0.3) is 5.56 Å². The fourth-order valence-electron chi connectivity index (χ4n) is 3.27. The lowest BCUT2D eigenvalue weighted by Crippen LogP contribution is -2.30. The molecule has 0 aliphatic rings. The molecule has 0 saturated carbocycles. The molecule has 0 fully saturated rings. The summed E-state index contributed by atoms with van der Waals surface area (Å²) in [6.07, 6.45) is 0.925. The Morgan fingerprint density at radius 1 is 1.13 bits per heavy atom. The number of carbonyl (C=O) groups is 1. The van der Waals surface area contributed by atoms with Crippen molar-refractivity contribution >= 4 is 33.1 Å². The van der Waals surface area contributed by atoms with E-state index in [1.54, 1.807) is 7.11 Å². The SMILES string of the molecule is CCc1ccc(NC(=O)Cn2nc(-c3ccc(OC)cc3)c3sc(C)nc3c2=O)cc1. The first kappa shape index (κ1) is 20.7. The van der Waals surface area contributed by atoms with Gasteiger partial charge in [-0.05, 0) is 55.3 Å². The summed E-state index contributed by atoms with van der Waals surface area (Å²) < 4.78 is 7.11. The van der Waals surface area contributed by atoms with E-state index in [1.807, 2.05) is 55.5 Å². The van der Waals surface area contributed by atoms with Crippen LogP contribution < -0.4 is 15.6 Å². The minimum Gasteiger partial charge on any atom is -0.497 e. The van der Waals surface area contributed by atoms with Gasteiger partial charge in [0.15, 0.2) is 5.52 Å². The molecule has 0 unspecified atom stereocenters. The highest BCUT2D eigenvalue weighted by Gasteiger charge is 2.18. The second-order valence-electron chi connectivity index (χ2n) is 7.05. The van der Waals surface area contributed by atoms with Crippen molar-refractivity contribution in [2.75, 3.05) is 12.4 Å². The first-order chi connectivity index (χ1) is 15.0. The molecule has 2 aromatic heterocycles. The molecule has 4 rings (SSSR count). The second-order valence-corrected chi connectivity index (χ2v) is 8.25. The molecule has 0 atom stereocenters. The third-order valence-corrected chi connectivity index (χ3v) is 5.89. The zero-order valence-electron chi connectivity index (χ0n) is 17.5. The molecule has 8 heteroatoms. The lowest BCUT2D eigenvalue weighted by molar-refractivity contribution is -0.117. The first-order valence-corrected chi connectivity index (χ1v) is 10.7. The van der Waals surface area contributed by atoms with Crippen LogP contribution in [0.25, 0.3) is 21.5 Å². The number of methoxy groups -OCH3 is 1. The topological polar surface area (TPSA) is 86.1 Å². The maximum atomic E-state index is 12.9. The number of aromatic nitrogens is 3. The first-order valence-electron chi connectivity index (χ1n) is 9.90. The standard InChI is InChI=1S/C23H22N4O3S/c1-4-15-5-9-17(10-6-15)25-19(28)13-27-23(29)21-22(31-14(2)24-21)20(26-27)16-7-11-18(30-3)12-8-16/h5-12H,4,13H2,1-3H3,(H,25,28). The van der Waals surface area contributed by atoms with Crippen LogP contribution in [-0.2, 0) is 17.8 Å². The van der Waals surface area contributed by atoms with Crippen molar-refractivity contribution in [3.8, 4) is 17.0 Å². The van der Waals surface area contributed by atoms with E-state index in [0.29, 0.717) is 21.6 Å². The van der Waals surface area contributed by atoms with Crippen LogP contribution in [0.3, 0.4) is 0 Å². The van der Waals surface area contributed by atoms with Crippen LogP contribution >= 0.6 is 11.3 Å². The Morgan fingerprint density at radius 3 is 2.48 bits per heavy atom. The highest BCUT2D eigenvalue weighted by molar-refractivity contribution is 7.19. The number of fused-ring (bicyclic) bond motifs is 1. The average Bonchev–Trinajstić information content (AvgIpc) is 3.18. The summed E-state index contributed by atoms with van der Waals surface area (Å²) in [6.45, 7) is 3.71. The molecule has 0 aliphatic carbocycles. The third kappa shape index (κ3) is 4.34. The molecular formula is C23H22N4O3S. The Morgan fingerprint density at radius 2 is 1.84 bits per heavy atom. The lowest BCUT2D eigenvalue weighted by Gasteiger charge is -2.10. The molecule has 7 nitrogen and oxygen atoms in total. The molecular weight excluding hydrogens is 412 g/mol. The van der Waals surface area contributed by atoms with Crippen molar-refractivity contribution in [3.05, 3.63) is 69.5 Å². The van der Waals surface area contributed by atoms with Gasteiger partial charge in [-0.25, -0.2) is 9.67 Å². The fourth-order valence-corrected chi connectivity index (χ4v) is 4.19. The van der Waals surface area contributed by atoms with E-state index in [9.17, 15) is 9.59 Å². The highest BCUT2D eigenvalue weighted by Crippen LogP contribution is 2.30. The van der Waals surface area contributed by atoms with Gasteiger partial charge in [-0.1, -0.05) is 19.1 Å². The number of aryl methyl sites for hydroxylation is 2. The zero-order chi connectivity index (χ0) is 22.0. The summed E-state index contributed by atoms with van der Waals surface area (Å²) in [7, 11) is 1.60. The Bertz CT molecular complexity index is 1290. The van der Waals surface area contributed by atoms with Crippen LogP contribution in [0.15, 0.2) is 53.3 Å². The molecule has 0 aliphatic heterocycles. The van der Waals surface area contributed by atoms with Crippen LogP contribution in [0.5, 0.6) is 5.75 Å². The fraction of sp³-hybridized carbons (Fsp3) is 0.217. The van der Waals surface area contributed by atoms with Crippen molar-refractivity contribution in [3.63, 3.8) is 0 Å². The number of anilines is 1. The van der Waals surface area contributed by atoms with Gasteiger partial charge in [0, 0.05) is 11.3 Å². The van der Waals surface area contributed by atoms with E-state index in [2.05, 4.69) is 22.3 Å². The smallest absolute Gasteiger partial charge is 0.294 e. The maximum Gasteiger partial charge on any atom is 0.294 e. The van der Waals surface area contributed by atoms with Gasteiger partial charge in [-0.15, -0.1) is 11.3 Å². The molecule has 0 radical (unpaired) electrons. The Balaban J connectivity index is 1.69. The summed E-state index contributed by atoms with van der Waals surface area (Å²) in [5.41, 5.74) is 3.24. The minimum absolute atomic E-state index is 0.204. The van der Waals surface area contributed by atoms with Crippen molar-refractivity contribution in [2.24, 2.45) is 0 Å². The largest absolute Gasteiger partial charge is 0.497 e. The number of hydrogen-bond acceptors (Lipinski definition) is 6. The van der Waals surface area contributed by atoms with Gasteiger partial charge in [0.2, 0.25) is 5.91 Å². The summed E-state index contributed by atoms with van der Waals surface area (Å²) in [4.78, 5) is 30.0. The molecule has 1 amide bonds. The predicted octanol–water partition coefficient (Wildman–Crippen LogP) is 4.04.